The molecule has 2 nitrogen and oxygen atoms in total. The molecule has 3 atom stereocenters. The summed E-state index contributed by atoms with van der Waals surface area (Å²) in [4.78, 5) is 2.70. The van der Waals surface area contributed by atoms with E-state index >= 15 is 0 Å². The van der Waals surface area contributed by atoms with Gasteiger partial charge in [-0.1, -0.05) is 37.6 Å². The maximum atomic E-state index is 3.69. The number of likely N-dealkylation sites (tertiary alicyclic amines) is 1. The van der Waals surface area contributed by atoms with Crippen molar-refractivity contribution in [2.75, 3.05) is 13.1 Å². The van der Waals surface area contributed by atoms with Gasteiger partial charge in [-0.2, -0.15) is 0 Å². The lowest BCUT2D eigenvalue weighted by Crippen LogP contribution is -2.47. The first-order valence-electron chi connectivity index (χ1n) is 8.18. The van der Waals surface area contributed by atoms with E-state index in [0.717, 1.165) is 13.1 Å². The Morgan fingerprint density at radius 3 is 2.45 bits per heavy atom. The lowest BCUT2D eigenvalue weighted by molar-refractivity contribution is 0.0910. The van der Waals surface area contributed by atoms with E-state index in [1.54, 1.807) is 0 Å². The van der Waals surface area contributed by atoms with Gasteiger partial charge in [-0.25, -0.2) is 0 Å². The van der Waals surface area contributed by atoms with Gasteiger partial charge >= 0.3 is 0 Å². The number of nitrogens with one attached hydrogen (secondary N) is 1. The molecule has 0 amide bonds. The van der Waals surface area contributed by atoms with E-state index in [-0.39, 0.29) is 0 Å². The summed E-state index contributed by atoms with van der Waals surface area (Å²) < 4.78 is 0. The number of aryl methyl sites for hydroxylation is 1. The molecule has 1 aliphatic rings. The Morgan fingerprint density at radius 1 is 1.20 bits per heavy atom. The van der Waals surface area contributed by atoms with Crippen LogP contribution < -0.4 is 5.32 Å². The molecular weight excluding hydrogens is 244 g/mol. The summed E-state index contributed by atoms with van der Waals surface area (Å²) in [6.45, 7) is 11.3. The lowest BCUT2D eigenvalue weighted by Gasteiger charge is -2.41. The average molecular weight is 274 g/mol. The van der Waals surface area contributed by atoms with Crippen LogP contribution in [0.2, 0.25) is 0 Å². The van der Waals surface area contributed by atoms with Crippen molar-refractivity contribution in [3.63, 3.8) is 0 Å². The quantitative estimate of drug-likeness (QED) is 0.876. The van der Waals surface area contributed by atoms with Crippen LogP contribution in [-0.2, 0) is 0 Å². The van der Waals surface area contributed by atoms with Crippen molar-refractivity contribution < 1.29 is 0 Å². The van der Waals surface area contributed by atoms with Crippen molar-refractivity contribution in [3.05, 3.63) is 35.4 Å². The highest BCUT2D eigenvalue weighted by molar-refractivity contribution is 5.29. The molecule has 0 saturated carbocycles. The van der Waals surface area contributed by atoms with E-state index in [1.807, 2.05) is 0 Å². The lowest BCUT2D eigenvalue weighted by atomic mass is 9.94. The summed E-state index contributed by atoms with van der Waals surface area (Å²) in [5.41, 5.74) is 2.86. The van der Waals surface area contributed by atoms with Gasteiger partial charge in [-0.05, 0) is 51.3 Å². The van der Waals surface area contributed by atoms with Crippen molar-refractivity contribution in [2.24, 2.45) is 0 Å². The number of benzene rings is 1. The summed E-state index contributed by atoms with van der Waals surface area (Å²) in [5, 5.41) is 3.69. The van der Waals surface area contributed by atoms with Crippen LogP contribution in [0.4, 0.5) is 0 Å². The van der Waals surface area contributed by atoms with Gasteiger partial charge in [-0.3, -0.25) is 4.90 Å². The van der Waals surface area contributed by atoms with Crippen LogP contribution in [0.1, 0.15) is 57.2 Å². The maximum Gasteiger partial charge on any atom is 0.0452 e. The molecule has 0 radical (unpaired) electrons. The predicted octanol–water partition coefficient (Wildman–Crippen LogP) is 3.91. The summed E-state index contributed by atoms with van der Waals surface area (Å²) in [6.07, 6.45) is 4.07. The predicted molar refractivity (Wildman–Crippen MR) is 87.1 cm³/mol. The van der Waals surface area contributed by atoms with Gasteiger partial charge in [0.05, 0.1) is 0 Å². The largest absolute Gasteiger partial charge is 0.309 e. The maximum absolute atomic E-state index is 3.69. The highest BCUT2D eigenvalue weighted by Crippen LogP contribution is 2.26. The van der Waals surface area contributed by atoms with Crippen LogP contribution in [0.5, 0.6) is 0 Å². The molecule has 1 aromatic carbocycles. The normalized spacial score (nSPS) is 25.6. The van der Waals surface area contributed by atoms with Gasteiger partial charge in [0.25, 0.3) is 0 Å². The van der Waals surface area contributed by atoms with E-state index < -0.39 is 0 Å². The Balaban J connectivity index is 2.15. The minimum atomic E-state index is 0.448. The third kappa shape index (κ3) is 3.62. The van der Waals surface area contributed by atoms with Crippen molar-refractivity contribution in [3.8, 4) is 0 Å². The molecule has 1 saturated heterocycles. The molecule has 2 rings (SSSR count). The number of hydrogen-bond acceptors (Lipinski definition) is 2. The first kappa shape index (κ1) is 15.5. The molecule has 1 N–H and O–H groups in total. The molecule has 1 aliphatic heterocycles. The van der Waals surface area contributed by atoms with Crippen molar-refractivity contribution >= 4 is 0 Å². The van der Waals surface area contributed by atoms with E-state index in [2.05, 4.69) is 62.2 Å². The zero-order valence-corrected chi connectivity index (χ0v) is 13.5. The van der Waals surface area contributed by atoms with Gasteiger partial charge in [0.1, 0.15) is 0 Å². The SMILES string of the molecule is CCNC(CN1C(C)CCCC1C)c1ccccc1C. The van der Waals surface area contributed by atoms with Gasteiger partial charge in [0.2, 0.25) is 0 Å². The second-order valence-electron chi connectivity index (χ2n) is 6.29. The van der Waals surface area contributed by atoms with Crippen molar-refractivity contribution in [2.45, 2.75) is 65.1 Å². The zero-order chi connectivity index (χ0) is 14.5. The van der Waals surface area contributed by atoms with E-state index in [4.69, 9.17) is 0 Å². The highest BCUT2D eigenvalue weighted by atomic mass is 15.2. The Morgan fingerprint density at radius 2 is 1.85 bits per heavy atom. The van der Waals surface area contributed by atoms with Gasteiger partial charge in [0, 0.05) is 24.7 Å². The summed E-state index contributed by atoms with van der Waals surface area (Å²) >= 11 is 0. The number of rotatable bonds is 5. The molecule has 1 aromatic rings. The van der Waals surface area contributed by atoms with Gasteiger partial charge in [-0.15, -0.1) is 0 Å². The molecule has 1 fully saturated rings. The fourth-order valence-electron chi connectivity index (χ4n) is 3.54. The van der Waals surface area contributed by atoms with Crippen molar-refractivity contribution in [1.29, 1.82) is 0 Å². The van der Waals surface area contributed by atoms with Crippen LogP contribution in [0.25, 0.3) is 0 Å². The molecular formula is C18H30N2. The second-order valence-corrected chi connectivity index (χ2v) is 6.29. The Hall–Kier alpha value is -0.860. The minimum Gasteiger partial charge on any atom is -0.309 e. The average Bonchev–Trinajstić information content (AvgIpc) is 2.43. The van der Waals surface area contributed by atoms with Crippen LogP contribution in [0.15, 0.2) is 24.3 Å². The first-order valence-corrected chi connectivity index (χ1v) is 8.18. The molecule has 0 bridgehead atoms. The smallest absolute Gasteiger partial charge is 0.0452 e. The standard InChI is InChI=1S/C18H30N2/c1-5-19-18(17-12-7-6-9-14(17)2)13-20-15(3)10-8-11-16(20)4/h6-7,9,12,15-16,18-19H,5,8,10-11,13H2,1-4H3. The molecule has 3 unspecified atom stereocenters. The topological polar surface area (TPSA) is 15.3 Å². The molecule has 20 heavy (non-hydrogen) atoms. The number of piperidine rings is 1. The van der Waals surface area contributed by atoms with Gasteiger partial charge in [0.15, 0.2) is 0 Å². The van der Waals surface area contributed by atoms with Crippen LogP contribution in [0.3, 0.4) is 0 Å². The molecule has 112 valence electrons. The van der Waals surface area contributed by atoms with Crippen LogP contribution in [-0.4, -0.2) is 30.1 Å². The first-order chi connectivity index (χ1) is 9.63. The summed E-state index contributed by atoms with van der Waals surface area (Å²) in [5.74, 6) is 0. The molecule has 0 aliphatic carbocycles. The Labute approximate surface area is 124 Å². The third-order valence-corrected chi connectivity index (χ3v) is 4.78. The molecule has 0 aromatic heterocycles. The Kier molecular flexibility index (Phi) is 5.62. The molecule has 1 heterocycles. The fraction of sp³-hybridized carbons (Fsp3) is 0.667. The molecule has 2 heteroatoms. The van der Waals surface area contributed by atoms with E-state index in [9.17, 15) is 0 Å². The van der Waals surface area contributed by atoms with E-state index in [1.165, 1.54) is 30.4 Å². The molecule has 0 spiro atoms. The number of nitrogens with zero attached hydrogens (tertiary/aromatic N) is 1. The van der Waals surface area contributed by atoms with Crippen LogP contribution >= 0.6 is 0 Å². The second kappa shape index (κ2) is 7.24. The zero-order valence-electron chi connectivity index (χ0n) is 13.5. The summed E-state index contributed by atoms with van der Waals surface area (Å²) in [6, 6.07) is 10.7. The summed E-state index contributed by atoms with van der Waals surface area (Å²) in [7, 11) is 0. The fourth-order valence-corrected chi connectivity index (χ4v) is 3.54. The van der Waals surface area contributed by atoms with Gasteiger partial charge < -0.3 is 5.32 Å². The number of likely N-dealkylation sites (N-methyl/N-ethyl adjacent to an activating group) is 1. The van der Waals surface area contributed by atoms with Crippen LogP contribution in [0, 0.1) is 6.92 Å². The third-order valence-electron chi connectivity index (χ3n) is 4.78. The monoisotopic (exact) mass is 274 g/mol. The highest BCUT2D eigenvalue weighted by Gasteiger charge is 2.27. The van der Waals surface area contributed by atoms with Crippen molar-refractivity contribution in [1.82, 2.24) is 10.2 Å². The Bertz CT molecular complexity index is 406. The van der Waals surface area contributed by atoms with E-state index in [0.29, 0.717) is 18.1 Å². The number of hydrogen-bond donors (Lipinski definition) is 1. The minimum absolute atomic E-state index is 0.448.